The quantitative estimate of drug-likeness (QED) is 0.608. The van der Waals surface area contributed by atoms with E-state index in [4.69, 9.17) is 4.42 Å². The number of nitrogens with one attached hydrogen (secondary N) is 1. The van der Waals surface area contributed by atoms with Crippen LogP contribution in [0.1, 0.15) is 5.56 Å². The molecule has 0 bridgehead atoms. The van der Waals surface area contributed by atoms with Gasteiger partial charge in [0.15, 0.2) is 5.58 Å². The number of thiol groups is 1. The fourth-order valence-electron chi connectivity index (χ4n) is 1.20. The molecule has 1 aromatic carbocycles. The number of aromatic amines is 1. The number of H-pyrrole nitrogens is 1. The highest BCUT2D eigenvalue weighted by Crippen LogP contribution is 2.19. The molecule has 2 rings (SSSR count). The van der Waals surface area contributed by atoms with Gasteiger partial charge in [0.2, 0.25) is 0 Å². The molecule has 0 saturated carbocycles. The Balaban J connectivity index is 2.97. The number of benzene rings is 1. The largest absolute Gasteiger partial charge is 0.417 e. The van der Waals surface area contributed by atoms with Gasteiger partial charge >= 0.3 is 5.76 Å². The maximum Gasteiger partial charge on any atom is 0.417 e. The molecule has 1 aromatic heterocycles. The molecule has 0 radical (unpaired) electrons. The number of oxazole rings is 1. The van der Waals surface area contributed by atoms with Crippen molar-refractivity contribution in [2.75, 3.05) is 0 Å². The monoisotopic (exact) mass is 181 g/mol. The van der Waals surface area contributed by atoms with Crippen LogP contribution in [0.15, 0.2) is 26.2 Å². The minimum atomic E-state index is -0.424. The van der Waals surface area contributed by atoms with Crippen LogP contribution in [0.25, 0.3) is 11.1 Å². The zero-order valence-corrected chi connectivity index (χ0v) is 7.31. The zero-order valence-electron chi connectivity index (χ0n) is 6.42. The van der Waals surface area contributed by atoms with Gasteiger partial charge in [0.25, 0.3) is 0 Å². The summed E-state index contributed by atoms with van der Waals surface area (Å²) >= 11 is 4.16. The van der Waals surface area contributed by atoms with E-state index in [-0.39, 0.29) is 0 Å². The Labute approximate surface area is 73.8 Å². The van der Waals surface area contributed by atoms with E-state index in [2.05, 4.69) is 17.6 Å². The van der Waals surface area contributed by atoms with Crippen molar-refractivity contribution >= 4 is 23.7 Å². The molecule has 1 N–H and O–H groups in total. The van der Waals surface area contributed by atoms with E-state index in [0.29, 0.717) is 5.58 Å². The summed E-state index contributed by atoms with van der Waals surface area (Å²) < 4.78 is 4.87. The summed E-state index contributed by atoms with van der Waals surface area (Å²) in [6.07, 6.45) is 0. The molecule has 2 aromatic rings. The van der Waals surface area contributed by atoms with Crippen LogP contribution in [-0.2, 0) is 0 Å². The number of aromatic nitrogens is 1. The van der Waals surface area contributed by atoms with Crippen LogP contribution in [0.5, 0.6) is 0 Å². The van der Waals surface area contributed by atoms with Crippen molar-refractivity contribution in [2.45, 2.75) is 11.8 Å². The summed E-state index contributed by atoms with van der Waals surface area (Å²) in [5.74, 6) is -0.424. The molecule has 12 heavy (non-hydrogen) atoms. The van der Waals surface area contributed by atoms with E-state index in [9.17, 15) is 4.79 Å². The molecule has 0 atom stereocenters. The average molecular weight is 181 g/mol. The summed E-state index contributed by atoms with van der Waals surface area (Å²) in [6, 6.07) is 3.58. The van der Waals surface area contributed by atoms with Crippen molar-refractivity contribution in [1.29, 1.82) is 0 Å². The lowest BCUT2D eigenvalue weighted by molar-refractivity contribution is 0.555. The predicted octanol–water partition coefficient (Wildman–Crippen LogP) is 1.72. The molecule has 0 unspecified atom stereocenters. The second-order valence-electron chi connectivity index (χ2n) is 2.65. The van der Waals surface area contributed by atoms with Crippen LogP contribution in [0.3, 0.4) is 0 Å². The molecular formula is C8H7NO2S. The fraction of sp³-hybridized carbons (Fsp3) is 0.125. The Morgan fingerprint density at radius 3 is 3.00 bits per heavy atom. The van der Waals surface area contributed by atoms with Gasteiger partial charge in [-0.25, -0.2) is 4.79 Å². The first-order valence-electron chi connectivity index (χ1n) is 3.49. The third kappa shape index (κ3) is 1.04. The van der Waals surface area contributed by atoms with Crippen molar-refractivity contribution in [1.82, 2.24) is 4.98 Å². The molecular weight excluding hydrogens is 174 g/mol. The van der Waals surface area contributed by atoms with Gasteiger partial charge in [-0.05, 0) is 24.6 Å². The van der Waals surface area contributed by atoms with Crippen molar-refractivity contribution in [3.8, 4) is 0 Å². The van der Waals surface area contributed by atoms with E-state index >= 15 is 0 Å². The number of hydrogen-bond acceptors (Lipinski definition) is 3. The van der Waals surface area contributed by atoms with Crippen LogP contribution in [0.2, 0.25) is 0 Å². The first-order chi connectivity index (χ1) is 5.66. The molecule has 0 fully saturated rings. The van der Waals surface area contributed by atoms with Gasteiger partial charge in [0.1, 0.15) is 0 Å². The van der Waals surface area contributed by atoms with E-state index in [1.54, 1.807) is 6.07 Å². The summed E-state index contributed by atoms with van der Waals surface area (Å²) in [6.45, 7) is 1.90. The molecule has 0 aliphatic rings. The van der Waals surface area contributed by atoms with Crippen molar-refractivity contribution in [2.24, 2.45) is 0 Å². The van der Waals surface area contributed by atoms with Gasteiger partial charge in [0, 0.05) is 4.90 Å². The van der Waals surface area contributed by atoms with Crippen molar-refractivity contribution in [3.63, 3.8) is 0 Å². The summed E-state index contributed by atoms with van der Waals surface area (Å²) in [5.41, 5.74) is 2.27. The molecule has 0 saturated heterocycles. The molecule has 3 nitrogen and oxygen atoms in total. The van der Waals surface area contributed by atoms with Crippen LogP contribution in [0, 0.1) is 6.92 Å². The SMILES string of the molecule is Cc1cc(S)cc2oc(=O)[nH]c12. The fourth-order valence-corrected chi connectivity index (χ4v) is 1.52. The highest BCUT2D eigenvalue weighted by Gasteiger charge is 2.03. The Kier molecular flexibility index (Phi) is 1.51. The lowest BCUT2D eigenvalue weighted by Crippen LogP contribution is -1.93. The maximum atomic E-state index is 10.8. The summed E-state index contributed by atoms with van der Waals surface area (Å²) in [5, 5.41) is 0. The van der Waals surface area contributed by atoms with Crippen LogP contribution >= 0.6 is 12.6 Å². The Bertz CT molecular complexity index is 483. The third-order valence-corrected chi connectivity index (χ3v) is 1.97. The van der Waals surface area contributed by atoms with Crippen LogP contribution < -0.4 is 5.76 Å². The van der Waals surface area contributed by atoms with Gasteiger partial charge in [-0.1, -0.05) is 0 Å². The number of hydrogen-bond donors (Lipinski definition) is 2. The van der Waals surface area contributed by atoms with Crippen LogP contribution in [-0.4, -0.2) is 4.98 Å². The first kappa shape index (κ1) is 7.49. The smallest absolute Gasteiger partial charge is 0.408 e. The Hall–Kier alpha value is -1.16. The minimum Gasteiger partial charge on any atom is -0.408 e. The van der Waals surface area contributed by atoms with Crippen LogP contribution in [0.4, 0.5) is 0 Å². The van der Waals surface area contributed by atoms with Gasteiger partial charge in [-0.3, -0.25) is 4.98 Å². The van der Waals surface area contributed by atoms with Gasteiger partial charge < -0.3 is 4.42 Å². The molecule has 4 heteroatoms. The number of rotatable bonds is 0. The number of aryl methyl sites for hydroxylation is 1. The highest BCUT2D eigenvalue weighted by molar-refractivity contribution is 7.80. The van der Waals surface area contributed by atoms with Gasteiger partial charge in [-0.2, -0.15) is 0 Å². The molecule has 62 valence electrons. The second kappa shape index (κ2) is 2.42. The Morgan fingerprint density at radius 1 is 1.50 bits per heavy atom. The predicted molar refractivity (Wildman–Crippen MR) is 48.8 cm³/mol. The minimum absolute atomic E-state index is 0.424. The van der Waals surface area contributed by atoms with Gasteiger partial charge in [-0.15, -0.1) is 12.6 Å². The zero-order chi connectivity index (χ0) is 8.72. The Morgan fingerprint density at radius 2 is 2.25 bits per heavy atom. The third-order valence-electron chi connectivity index (χ3n) is 1.71. The molecule has 0 amide bonds. The second-order valence-corrected chi connectivity index (χ2v) is 3.17. The summed E-state index contributed by atoms with van der Waals surface area (Å²) in [7, 11) is 0. The van der Waals surface area contributed by atoms with E-state index in [0.717, 1.165) is 16.0 Å². The van der Waals surface area contributed by atoms with Crippen molar-refractivity contribution < 1.29 is 4.42 Å². The molecule has 1 heterocycles. The molecule has 0 aliphatic carbocycles. The lowest BCUT2D eigenvalue weighted by atomic mass is 10.2. The standard InChI is InChI=1S/C8H7NO2S/c1-4-2-5(12)3-6-7(4)9-8(10)11-6/h2-3,12H,1H3,(H,9,10). The average Bonchev–Trinajstić information content (AvgIpc) is 2.29. The topological polar surface area (TPSA) is 46.0 Å². The van der Waals surface area contributed by atoms with E-state index in [1.165, 1.54) is 0 Å². The van der Waals surface area contributed by atoms with E-state index < -0.39 is 5.76 Å². The van der Waals surface area contributed by atoms with E-state index in [1.807, 2.05) is 13.0 Å². The van der Waals surface area contributed by atoms with Gasteiger partial charge in [0.05, 0.1) is 5.52 Å². The highest BCUT2D eigenvalue weighted by atomic mass is 32.1. The van der Waals surface area contributed by atoms with Crippen molar-refractivity contribution in [3.05, 3.63) is 28.2 Å². The first-order valence-corrected chi connectivity index (χ1v) is 3.94. The number of fused-ring (bicyclic) bond motifs is 1. The molecule has 0 aliphatic heterocycles. The maximum absolute atomic E-state index is 10.8. The normalized spacial score (nSPS) is 10.8. The lowest BCUT2D eigenvalue weighted by Gasteiger charge is -1.94. The summed E-state index contributed by atoms with van der Waals surface area (Å²) in [4.78, 5) is 14.2. The molecule has 0 spiro atoms.